The smallest absolute Gasteiger partial charge is 0.447 e. The van der Waals surface area contributed by atoms with Crippen molar-refractivity contribution in [3.8, 4) is 113 Å². The minimum atomic E-state index is -0.546. The largest absolute Gasteiger partial charge is 2.00 e. The Morgan fingerprint density at radius 3 is 0.690 bits per heavy atom. The number of pyridine rings is 1. The van der Waals surface area contributed by atoms with Crippen molar-refractivity contribution in [3.05, 3.63) is 451 Å². The van der Waals surface area contributed by atoms with Gasteiger partial charge in [0.15, 0.2) is 0 Å². The summed E-state index contributed by atoms with van der Waals surface area (Å²) < 4.78 is 24.7. The molecule has 24 rings (SSSR count). The zero-order valence-electron chi connectivity index (χ0n) is 82.2. The van der Waals surface area contributed by atoms with Crippen LogP contribution in [0.15, 0.2) is 320 Å². The zero-order valence-corrected chi connectivity index (χ0v) is 91.3. The molecule has 13 heterocycles. The van der Waals surface area contributed by atoms with E-state index in [9.17, 15) is 0 Å². The van der Waals surface area contributed by atoms with Gasteiger partial charge in [-0.2, -0.15) is 121 Å². The van der Waals surface area contributed by atoms with Gasteiger partial charge in [0.05, 0.1) is 5.41 Å². The number of aromatic nitrogens is 15. The van der Waals surface area contributed by atoms with Crippen molar-refractivity contribution < 1.29 is 93.1 Å². The second kappa shape index (κ2) is 38.7. The summed E-state index contributed by atoms with van der Waals surface area (Å²) >= 11 is 0. The van der Waals surface area contributed by atoms with E-state index < -0.39 is 32.5 Å². The van der Waals surface area contributed by atoms with Gasteiger partial charge in [0, 0.05) is 112 Å². The molecule has 716 valence electrons. The first-order chi connectivity index (χ1) is 66.2. The van der Waals surface area contributed by atoms with E-state index in [0.717, 1.165) is 181 Å². The molecule has 0 aliphatic carbocycles. The number of hydrogen-bond donors (Lipinski definition) is 0. The number of oxazole rings is 2. The van der Waals surface area contributed by atoms with Gasteiger partial charge >= 0.3 is 84.3 Å². The summed E-state index contributed by atoms with van der Waals surface area (Å²) in [5.41, 5.74) is 23.6. The summed E-state index contributed by atoms with van der Waals surface area (Å²) in [7, 11) is 4.11. The molecular formula is C121H105N15O2Pt4. The Kier molecular flexibility index (Phi) is 27.4. The van der Waals surface area contributed by atoms with Gasteiger partial charge in [-0.15, -0.1) is 81.4 Å². The Hall–Kier alpha value is -13.0. The van der Waals surface area contributed by atoms with E-state index in [2.05, 4.69) is 438 Å². The van der Waals surface area contributed by atoms with Crippen molar-refractivity contribution in [1.29, 1.82) is 0 Å². The first kappa shape index (κ1) is 101. The number of nitrogens with zero attached hydrogens (tertiary/aromatic N) is 15. The SMILES string of the molecule is CC1(C)c2[c-]c(ccc2)-c2[c-]c(ccc2)C(C)(C)c2nc(cn2-c2ccccc2)-c2cn(-c3ccccc3)c1n2.CC1(C)c2[c-]c(ccc2)-c2[c-]c(ccc2)C(C)(C)c2nc(co2)-c2coc1n2.CC1(C)c2[c-]c(ccc2)-c2[c-]c(ncc2)C(C)(C)c2nc(cn2-c2ccccc2)-c2cn(-c3ccccc3)c1n2.Cn1cc2nc1C(C)(C)c1[c-]c(ccc1)-c1[c-]c(ccc1)C(C)(C)c1nc-2cn1C.[Pt+2].[Pt+2].[Pt+2].[Pt+2]. The molecule has 0 saturated heterocycles. The van der Waals surface area contributed by atoms with Crippen LogP contribution in [0.1, 0.15) is 202 Å². The summed E-state index contributed by atoms with van der Waals surface area (Å²) in [6.45, 7) is 34.8. The molecule has 0 atom stereocenters. The molecule has 11 aromatic carbocycles. The molecule has 4 aliphatic rings. The molecular weight excluding hydrogens is 2480 g/mol. The van der Waals surface area contributed by atoms with Crippen LogP contribution in [0.3, 0.4) is 0 Å². The third-order valence-corrected chi connectivity index (χ3v) is 27.9. The topological polar surface area (TPSA) is 172 Å². The van der Waals surface area contributed by atoms with E-state index in [4.69, 9.17) is 53.7 Å². The number of hydrogen-bond acceptors (Lipinski definition) is 11. The van der Waals surface area contributed by atoms with Gasteiger partial charge in [0.2, 0.25) is 11.8 Å². The predicted octanol–water partition coefficient (Wildman–Crippen LogP) is 25.9. The van der Waals surface area contributed by atoms with Gasteiger partial charge in [0.1, 0.15) is 93.0 Å². The quantitative estimate of drug-likeness (QED) is 0.154. The summed E-state index contributed by atoms with van der Waals surface area (Å²) in [4.78, 5) is 45.4. The summed E-state index contributed by atoms with van der Waals surface area (Å²) in [5, 5.41) is 0. The molecule has 0 unspecified atom stereocenters. The van der Waals surface area contributed by atoms with E-state index in [1.807, 2.05) is 60.8 Å². The maximum atomic E-state index is 5.85. The van der Waals surface area contributed by atoms with Crippen molar-refractivity contribution in [3.63, 3.8) is 0 Å². The number of rotatable bonds is 4. The van der Waals surface area contributed by atoms with Crippen molar-refractivity contribution in [2.45, 2.75) is 154 Å². The van der Waals surface area contributed by atoms with Gasteiger partial charge in [-0.05, 0) is 102 Å². The van der Waals surface area contributed by atoms with E-state index >= 15 is 0 Å². The standard InChI is InChI=1S/C36H30N4.C35H29N5.C26H26N4.C24H20N2O2.4Pt/c1-35(2)27-15-11-13-25(21-27)26-14-12-16-28(22-26)36(3,4)34-38-32(24-40(34)30-19-9-6-10-20-30)31-23-39(33(35)37-31)29-17-7-5-8-18-29;1-34(2)26-13-11-12-24(20-26)25-18-19-36-31(21-25)35(3,4)33-38-30(23-40(33)28-16-9-6-10-17-28)29-22-39(32(34)37-29)27-14-7-5-8-15-27;1-25(2)19-11-7-9-17(13-19)18-10-8-12-20(14-18)26(3,4)24-28-22(16-30(24)6)21-15-29(5)23(25)27-21;1-23(2)17-9-5-7-15(11-17)16-8-6-10-18(12-16)24(3,4)22-26-20(14-28-22)19-13-27-21(23)25-19;;;;/h5-20,23-24H,1-4H3;5-19,22-23H,1-4H3;7-12,15-16H,1-6H3;5-10,13-14H,1-4H3;;;;/q4*-2;4*+2. The maximum absolute atomic E-state index is 5.85. The fourth-order valence-corrected chi connectivity index (χ4v) is 19.4. The maximum Gasteiger partial charge on any atom is 2.00 e. The minimum absolute atomic E-state index is 0. The second-order valence-electron chi connectivity index (χ2n) is 40.5. The number of fused-ring (bicyclic) bond motifs is 40. The molecule has 17 nitrogen and oxygen atoms in total. The monoisotopic (exact) mass is 2580 g/mol. The fourth-order valence-electron chi connectivity index (χ4n) is 19.4. The van der Waals surface area contributed by atoms with Gasteiger partial charge in [-0.3, -0.25) is 16.1 Å². The van der Waals surface area contributed by atoms with Crippen LogP contribution in [0, 0.1) is 48.5 Å². The van der Waals surface area contributed by atoms with Crippen LogP contribution in [0.25, 0.3) is 113 Å². The molecule has 0 fully saturated rings. The molecule has 0 N–H and O–H groups in total. The Bertz CT molecular complexity index is 7270. The number of para-hydroxylation sites is 4. The van der Waals surface area contributed by atoms with Crippen molar-refractivity contribution >= 4 is 0 Å². The first-order valence-corrected chi connectivity index (χ1v) is 46.9. The van der Waals surface area contributed by atoms with Crippen molar-refractivity contribution in [2.75, 3.05) is 0 Å². The van der Waals surface area contributed by atoms with Crippen LogP contribution < -0.4 is 0 Å². The minimum Gasteiger partial charge on any atom is -0.447 e. The molecule has 21 heteroatoms. The van der Waals surface area contributed by atoms with Gasteiger partial charge < -0.3 is 36.2 Å². The van der Waals surface area contributed by atoms with Gasteiger partial charge in [0.25, 0.3) is 0 Å². The number of aryl methyl sites for hydroxylation is 2. The van der Waals surface area contributed by atoms with E-state index in [1.165, 1.54) is 0 Å². The third-order valence-electron chi connectivity index (χ3n) is 27.9. The van der Waals surface area contributed by atoms with Crippen LogP contribution >= 0.6 is 0 Å². The Morgan fingerprint density at radius 1 is 0.211 bits per heavy atom. The summed E-state index contributed by atoms with van der Waals surface area (Å²) in [6.07, 6.45) is 17.7. The van der Waals surface area contributed by atoms with Crippen molar-refractivity contribution in [2.24, 2.45) is 14.1 Å². The molecule has 20 aromatic rings. The molecule has 0 amide bonds. The molecule has 0 saturated carbocycles. The van der Waals surface area contributed by atoms with Crippen LogP contribution in [0.2, 0.25) is 0 Å². The fraction of sp³-hybridized carbons (Fsp3) is 0.215. The molecule has 142 heavy (non-hydrogen) atoms. The normalized spacial score (nSPS) is 15.1. The molecule has 9 aromatic heterocycles. The predicted molar refractivity (Wildman–Crippen MR) is 543 cm³/mol. The van der Waals surface area contributed by atoms with E-state index in [1.54, 1.807) is 12.5 Å². The van der Waals surface area contributed by atoms with E-state index in [-0.39, 0.29) is 95.1 Å². The van der Waals surface area contributed by atoms with Crippen LogP contribution in [0.5, 0.6) is 0 Å². The van der Waals surface area contributed by atoms with Gasteiger partial charge in [-0.25, -0.2) is 91.5 Å². The third kappa shape index (κ3) is 18.2. The Morgan fingerprint density at radius 2 is 0.430 bits per heavy atom. The molecule has 0 spiro atoms. The summed E-state index contributed by atoms with van der Waals surface area (Å²) in [5.74, 6) is 6.90. The van der Waals surface area contributed by atoms with E-state index in [0.29, 0.717) is 23.2 Å². The van der Waals surface area contributed by atoms with Crippen LogP contribution in [0.4, 0.5) is 0 Å². The summed E-state index contributed by atoms with van der Waals surface area (Å²) in [6, 6.07) is 117. The molecule has 4 aliphatic heterocycles. The number of benzene rings is 11. The second-order valence-corrected chi connectivity index (χ2v) is 40.5. The average molecular weight is 2580 g/mol. The first-order valence-electron chi connectivity index (χ1n) is 46.9. The number of imidazole rings is 6. The zero-order chi connectivity index (χ0) is 95.7. The Balaban J connectivity index is 0.000000130. The Labute approximate surface area is 889 Å². The van der Waals surface area contributed by atoms with Crippen LogP contribution in [-0.2, 0) is 142 Å². The van der Waals surface area contributed by atoms with Crippen molar-refractivity contribution in [1.82, 2.24) is 72.3 Å². The van der Waals surface area contributed by atoms with Crippen LogP contribution in [-0.4, -0.2) is 72.3 Å². The van der Waals surface area contributed by atoms with Gasteiger partial charge in [-0.1, -0.05) is 142 Å². The molecule has 32 bridgehead atoms. The molecule has 0 radical (unpaired) electrons. The average Bonchev–Trinajstić information content (AvgIpc) is 1.59.